The van der Waals surface area contributed by atoms with Crippen molar-refractivity contribution in [2.24, 2.45) is 5.92 Å². The van der Waals surface area contributed by atoms with Crippen LogP contribution in [0.3, 0.4) is 0 Å². The van der Waals surface area contributed by atoms with Crippen molar-refractivity contribution in [3.05, 3.63) is 46.0 Å². The average Bonchev–Trinajstić information content (AvgIpc) is 2.37. The number of rotatable bonds is 6. The van der Waals surface area contributed by atoms with E-state index in [1.54, 1.807) is 30.3 Å². The Balaban J connectivity index is 3.17. The number of nitro groups is 1. The quantitative estimate of drug-likeness (QED) is 0.336. The molecule has 6 nitrogen and oxygen atoms in total. The Bertz CT molecular complexity index is 471. The number of hydrogen-bond donors (Lipinski definition) is 0. The molecule has 1 rings (SSSR count). The van der Waals surface area contributed by atoms with Crippen LogP contribution in [0.4, 0.5) is 0 Å². The van der Waals surface area contributed by atoms with E-state index < -0.39 is 35.1 Å². The highest BCUT2D eigenvalue weighted by molar-refractivity contribution is 5.98. The fourth-order valence-electron chi connectivity index (χ4n) is 2.00. The summed E-state index contributed by atoms with van der Waals surface area (Å²) in [5, 5.41) is 10.8. The molecular weight excluding hydrogens is 250 g/mol. The predicted octanol–water partition coefficient (Wildman–Crippen LogP) is 1.43. The lowest BCUT2D eigenvalue weighted by Gasteiger charge is -2.20. The molecule has 0 fully saturated rings. The average molecular weight is 265 g/mol. The minimum atomic E-state index is -1.15. The van der Waals surface area contributed by atoms with E-state index in [-0.39, 0.29) is 0 Å². The molecule has 0 unspecified atom stereocenters. The summed E-state index contributed by atoms with van der Waals surface area (Å²) in [5.74, 6) is -3.16. The van der Waals surface area contributed by atoms with E-state index in [2.05, 4.69) is 4.74 Å². The maximum atomic E-state index is 11.7. The van der Waals surface area contributed by atoms with Gasteiger partial charge < -0.3 is 4.74 Å². The third kappa shape index (κ3) is 3.87. The van der Waals surface area contributed by atoms with Gasteiger partial charge in [-0.25, -0.2) is 0 Å². The number of nitrogens with zero attached hydrogens (tertiary/aromatic N) is 1. The third-order valence-electron chi connectivity index (χ3n) is 2.87. The van der Waals surface area contributed by atoms with Gasteiger partial charge in [0.15, 0.2) is 0 Å². The number of carbonyl (C=O) groups excluding carboxylic acids is 2. The molecule has 0 radical (unpaired) electrons. The van der Waals surface area contributed by atoms with Crippen molar-refractivity contribution >= 4 is 11.8 Å². The Hall–Kier alpha value is -2.24. The lowest BCUT2D eigenvalue weighted by Crippen LogP contribution is -2.33. The molecule has 1 aromatic carbocycles. The highest BCUT2D eigenvalue weighted by atomic mass is 16.6. The highest BCUT2D eigenvalue weighted by Crippen LogP contribution is 2.27. The molecule has 0 aliphatic rings. The van der Waals surface area contributed by atoms with E-state index in [4.69, 9.17) is 0 Å². The summed E-state index contributed by atoms with van der Waals surface area (Å²) in [5.41, 5.74) is 0.574. The Morgan fingerprint density at radius 1 is 1.32 bits per heavy atom. The number of benzene rings is 1. The van der Waals surface area contributed by atoms with Gasteiger partial charge in [0.1, 0.15) is 11.7 Å². The lowest BCUT2D eigenvalue weighted by atomic mass is 9.83. The molecule has 2 atom stereocenters. The summed E-state index contributed by atoms with van der Waals surface area (Å²) >= 11 is 0. The lowest BCUT2D eigenvalue weighted by molar-refractivity contribution is -0.484. The van der Waals surface area contributed by atoms with Crippen molar-refractivity contribution in [3.8, 4) is 0 Å². The number of carbonyl (C=O) groups is 2. The number of ketones is 1. The standard InChI is InChI=1S/C13H15NO5/c1-9(15)12(13(16)19-2)11(8-14(17)18)10-6-4-3-5-7-10/h3-7,11-12H,8H2,1-2H3/t11-,12+/m0/s1. The van der Waals surface area contributed by atoms with Crippen LogP contribution in [-0.4, -0.2) is 30.3 Å². The second kappa shape index (κ2) is 6.63. The van der Waals surface area contributed by atoms with Gasteiger partial charge in [-0.1, -0.05) is 30.3 Å². The minimum absolute atomic E-state index is 0.442. The van der Waals surface area contributed by atoms with Crippen molar-refractivity contribution in [1.29, 1.82) is 0 Å². The summed E-state index contributed by atoms with van der Waals surface area (Å²) < 4.78 is 4.58. The van der Waals surface area contributed by atoms with Crippen LogP contribution < -0.4 is 0 Å². The van der Waals surface area contributed by atoms with Gasteiger partial charge in [0.05, 0.1) is 13.0 Å². The molecule has 6 heteroatoms. The van der Waals surface area contributed by atoms with Crippen molar-refractivity contribution in [1.82, 2.24) is 0 Å². The molecule has 0 aromatic heterocycles. The molecule has 0 spiro atoms. The van der Waals surface area contributed by atoms with E-state index in [1.807, 2.05) is 0 Å². The summed E-state index contributed by atoms with van der Waals surface area (Å²) in [4.78, 5) is 33.5. The number of hydrogen-bond acceptors (Lipinski definition) is 5. The van der Waals surface area contributed by atoms with Crippen LogP contribution in [0.2, 0.25) is 0 Å². The fourth-order valence-corrected chi connectivity index (χ4v) is 2.00. The summed E-state index contributed by atoms with van der Waals surface area (Å²) in [6.45, 7) is 0.737. The largest absolute Gasteiger partial charge is 0.468 e. The van der Waals surface area contributed by atoms with E-state index in [9.17, 15) is 19.7 Å². The summed E-state index contributed by atoms with van der Waals surface area (Å²) in [7, 11) is 1.16. The van der Waals surface area contributed by atoms with Crippen LogP contribution in [0.1, 0.15) is 18.4 Å². The van der Waals surface area contributed by atoms with Crippen LogP contribution in [0.25, 0.3) is 0 Å². The van der Waals surface area contributed by atoms with E-state index in [1.165, 1.54) is 6.92 Å². The Kier molecular flexibility index (Phi) is 5.17. The van der Waals surface area contributed by atoms with Gasteiger partial charge >= 0.3 is 5.97 Å². The first kappa shape index (κ1) is 14.8. The van der Waals surface area contributed by atoms with Crippen molar-refractivity contribution in [2.75, 3.05) is 13.7 Å². The van der Waals surface area contributed by atoms with Crippen LogP contribution in [-0.2, 0) is 14.3 Å². The van der Waals surface area contributed by atoms with E-state index in [0.717, 1.165) is 7.11 Å². The first-order valence-corrected chi connectivity index (χ1v) is 5.72. The van der Waals surface area contributed by atoms with Crippen LogP contribution >= 0.6 is 0 Å². The first-order chi connectivity index (χ1) is 8.97. The van der Waals surface area contributed by atoms with E-state index in [0.29, 0.717) is 5.56 Å². The maximum absolute atomic E-state index is 11.7. The number of methoxy groups -OCH3 is 1. The third-order valence-corrected chi connectivity index (χ3v) is 2.87. The van der Waals surface area contributed by atoms with Gasteiger partial charge in [-0.15, -0.1) is 0 Å². The zero-order valence-electron chi connectivity index (χ0n) is 10.7. The van der Waals surface area contributed by atoms with Crippen molar-refractivity contribution < 1.29 is 19.2 Å². The number of Topliss-reactive ketones (excluding diaryl/α,β-unsaturated/α-hetero) is 1. The van der Waals surface area contributed by atoms with Crippen LogP contribution in [0, 0.1) is 16.0 Å². The Morgan fingerprint density at radius 3 is 2.32 bits per heavy atom. The molecule has 19 heavy (non-hydrogen) atoms. The van der Waals surface area contributed by atoms with E-state index >= 15 is 0 Å². The Morgan fingerprint density at radius 2 is 1.89 bits per heavy atom. The van der Waals surface area contributed by atoms with Crippen LogP contribution in [0.5, 0.6) is 0 Å². The second-order valence-corrected chi connectivity index (χ2v) is 4.14. The minimum Gasteiger partial charge on any atom is -0.468 e. The number of esters is 1. The first-order valence-electron chi connectivity index (χ1n) is 5.72. The SMILES string of the molecule is COC(=O)[C@H](C(C)=O)[C@@H](C[N+](=O)[O-])c1ccccc1. The molecule has 102 valence electrons. The predicted molar refractivity (Wildman–Crippen MR) is 67.2 cm³/mol. The summed E-state index contributed by atoms with van der Waals surface area (Å²) in [6, 6.07) is 8.49. The number of ether oxygens (including phenoxy) is 1. The van der Waals surface area contributed by atoms with Gasteiger partial charge in [0.25, 0.3) is 0 Å². The molecule has 1 aromatic rings. The van der Waals surface area contributed by atoms with Gasteiger partial charge in [-0.2, -0.15) is 0 Å². The highest BCUT2D eigenvalue weighted by Gasteiger charge is 2.37. The van der Waals surface area contributed by atoms with Gasteiger partial charge in [-0.3, -0.25) is 19.7 Å². The molecule has 0 N–H and O–H groups in total. The molecule has 0 bridgehead atoms. The van der Waals surface area contributed by atoms with Gasteiger partial charge in [-0.05, 0) is 12.5 Å². The topological polar surface area (TPSA) is 86.5 Å². The molecule has 0 aliphatic carbocycles. The van der Waals surface area contributed by atoms with Gasteiger partial charge in [0, 0.05) is 4.92 Å². The molecule has 0 amide bonds. The molecule has 0 saturated heterocycles. The van der Waals surface area contributed by atoms with Gasteiger partial charge in [0.2, 0.25) is 6.54 Å². The Labute approximate surface area is 110 Å². The zero-order chi connectivity index (χ0) is 14.4. The van der Waals surface area contributed by atoms with Crippen LogP contribution in [0.15, 0.2) is 30.3 Å². The van der Waals surface area contributed by atoms with Crippen molar-refractivity contribution in [2.45, 2.75) is 12.8 Å². The molecule has 0 saturated carbocycles. The van der Waals surface area contributed by atoms with Crippen molar-refractivity contribution in [3.63, 3.8) is 0 Å². The smallest absolute Gasteiger partial charge is 0.317 e. The molecule has 0 heterocycles. The molecule has 0 aliphatic heterocycles. The molecular formula is C13H15NO5. The zero-order valence-corrected chi connectivity index (χ0v) is 10.7. The normalized spacial score (nSPS) is 13.4. The fraction of sp³-hybridized carbons (Fsp3) is 0.385. The summed E-state index contributed by atoms with van der Waals surface area (Å²) in [6.07, 6.45) is 0. The maximum Gasteiger partial charge on any atom is 0.317 e. The second-order valence-electron chi connectivity index (χ2n) is 4.14. The monoisotopic (exact) mass is 265 g/mol.